The second-order valence-electron chi connectivity index (χ2n) is 7.53. The Hall–Kier alpha value is -3.89. The van der Waals surface area contributed by atoms with E-state index in [2.05, 4.69) is 0 Å². The lowest BCUT2D eigenvalue weighted by Gasteiger charge is -2.14. The van der Waals surface area contributed by atoms with Gasteiger partial charge in [0.05, 0.1) is 0 Å². The molecule has 0 radical (unpaired) electrons. The number of Topliss-reactive ketones (excluding diaryl/α,β-unsaturated/α-hetero) is 1. The van der Waals surface area contributed by atoms with Crippen LogP contribution < -0.4 is 0 Å². The molecule has 160 valence electrons. The molecule has 1 heterocycles. The van der Waals surface area contributed by atoms with Crippen molar-refractivity contribution in [2.24, 2.45) is 0 Å². The Morgan fingerprint density at radius 3 is 1.79 bits per heavy atom. The zero-order valence-corrected chi connectivity index (χ0v) is 18.6. The number of thioether (sulfide) groups is 1. The highest BCUT2D eigenvalue weighted by atomic mass is 32.2. The number of aromatic nitrogens is 1. The van der Waals surface area contributed by atoms with Crippen molar-refractivity contribution < 1.29 is 9.21 Å². The summed E-state index contributed by atoms with van der Waals surface area (Å²) in [5, 5.41) is -0.00895. The fourth-order valence-corrected chi connectivity index (χ4v) is 4.70. The molecule has 4 heteroatoms. The first-order valence-electron chi connectivity index (χ1n) is 10.7. The number of carbonyl (C=O) groups is 1. The van der Waals surface area contributed by atoms with Crippen LogP contribution in [-0.4, -0.2) is 10.8 Å². The number of oxazole rings is 1. The van der Waals surface area contributed by atoms with Crippen LogP contribution in [0.4, 0.5) is 0 Å². The summed E-state index contributed by atoms with van der Waals surface area (Å²) in [6.07, 6.45) is 0. The van der Waals surface area contributed by atoms with Gasteiger partial charge in [0.1, 0.15) is 10.9 Å². The Kier molecular flexibility index (Phi) is 6.18. The van der Waals surface area contributed by atoms with E-state index in [0.29, 0.717) is 16.5 Å². The van der Waals surface area contributed by atoms with E-state index in [-0.39, 0.29) is 5.78 Å². The molecule has 0 saturated carbocycles. The first-order valence-corrected chi connectivity index (χ1v) is 11.6. The zero-order valence-electron chi connectivity index (χ0n) is 17.8. The molecule has 0 fully saturated rings. The molecule has 0 aliphatic heterocycles. The fraction of sp³-hybridized carbons (Fsp3) is 0.0345. The molecule has 1 atom stereocenters. The highest BCUT2D eigenvalue weighted by Crippen LogP contribution is 2.42. The first kappa shape index (κ1) is 21.0. The lowest BCUT2D eigenvalue weighted by atomic mass is 10.0. The van der Waals surface area contributed by atoms with E-state index < -0.39 is 5.25 Å². The van der Waals surface area contributed by atoms with Crippen molar-refractivity contribution in [2.75, 3.05) is 0 Å². The molecule has 0 bridgehead atoms. The van der Waals surface area contributed by atoms with Crippen LogP contribution in [0.15, 0.2) is 131 Å². The summed E-state index contributed by atoms with van der Waals surface area (Å²) >= 11 is 1.34. The smallest absolute Gasteiger partial charge is 0.257 e. The molecular weight excluding hydrogens is 426 g/mol. The molecule has 3 nitrogen and oxygen atoms in total. The summed E-state index contributed by atoms with van der Waals surface area (Å²) in [7, 11) is 0. The molecule has 5 rings (SSSR count). The lowest BCUT2D eigenvalue weighted by molar-refractivity contribution is 0.0989. The van der Waals surface area contributed by atoms with Crippen LogP contribution in [0.3, 0.4) is 0 Å². The van der Waals surface area contributed by atoms with Gasteiger partial charge in [-0.2, -0.15) is 0 Å². The first-order chi connectivity index (χ1) is 16.3. The van der Waals surface area contributed by atoms with Crippen LogP contribution in [0.25, 0.3) is 22.6 Å². The Morgan fingerprint density at radius 2 is 1.18 bits per heavy atom. The lowest BCUT2D eigenvalue weighted by Crippen LogP contribution is -2.10. The van der Waals surface area contributed by atoms with Crippen LogP contribution in [0.5, 0.6) is 0 Å². The summed E-state index contributed by atoms with van der Waals surface area (Å²) in [5.41, 5.74) is 4.26. The Bertz CT molecular complexity index is 1280. The maximum Gasteiger partial charge on any atom is 0.257 e. The summed E-state index contributed by atoms with van der Waals surface area (Å²) < 4.78 is 6.29. The predicted molar refractivity (Wildman–Crippen MR) is 133 cm³/mol. The number of hydrogen-bond donors (Lipinski definition) is 0. The maximum atomic E-state index is 13.5. The van der Waals surface area contributed by atoms with Gasteiger partial charge in [0.2, 0.25) is 0 Å². The molecular formula is C29H21NO2S. The van der Waals surface area contributed by atoms with Crippen molar-refractivity contribution in [1.82, 2.24) is 4.98 Å². The van der Waals surface area contributed by atoms with E-state index in [0.717, 1.165) is 22.4 Å². The van der Waals surface area contributed by atoms with Gasteiger partial charge < -0.3 is 4.42 Å². The van der Waals surface area contributed by atoms with Crippen LogP contribution in [0, 0.1) is 0 Å². The number of ketones is 1. The highest BCUT2D eigenvalue weighted by molar-refractivity contribution is 8.00. The minimum atomic E-state index is -0.473. The van der Waals surface area contributed by atoms with Gasteiger partial charge in [-0.15, -0.1) is 0 Å². The molecule has 0 unspecified atom stereocenters. The largest absolute Gasteiger partial charge is 0.431 e. The standard InChI is InChI=1S/C29H21NO2S/c31-26(22-15-7-2-8-16-22)28(24-19-11-4-12-20-24)33-29-30-25(21-13-5-1-6-14-21)27(32-29)23-17-9-3-10-18-23/h1-20,28H/t28-/m0/s1. The van der Waals surface area contributed by atoms with E-state index in [4.69, 9.17) is 9.40 Å². The molecule has 0 aliphatic carbocycles. The van der Waals surface area contributed by atoms with Gasteiger partial charge in [-0.25, -0.2) is 4.98 Å². The van der Waals surface area contributed by atoms with Crippen LogP contribution in [0.2, 0.25) is 0 Å². The van der Waals surface area contributed by atoms with E-state index >= 15 is 0 Å². The van der Waals surface area contributed by atoms with Crippen LogP contribution in [0.1, 0.15) is 21.2 Å². The maximum absolute atomic E-state index is 13.5. The molecule has 0 amide bonds. The Morgan fingerprint density at radius 1 is 0.667 bits per heavy atom. The van der Waals surface area contributed by atoms with Crippen molar-refractivity contribution in [3.8, 4) is 22.6 Å². The number of benzene rings is 4. The number of hydrogen-bond acceptors (Lipinski definition) is 4. The topological polar surface area (TPSA) is 43.1 Å². The minimum Gasteiger partial charge on any atom is -0.431 e. The molecule has 33 heavy (non-hydrogen) atoms. The van der Waals surface area contributed by atoms with Crippen molar-refractivity contribution in [1.29, 1.82) is 0 Å². The molecule has 1 aromatic heterocycles. The summed E-state index contributed by atoms with van der Waals surface area (Å²) in [6.45, 7) is 0. The third kappa shape index (κ3) is 4.66. The molecule has 0 spiro atoms. The molecule has 4 aromatic carbocycles. The monoisotopic (exact) mass is 447 g/mol. The molecule has 5 aromatic rings. The quantitative estimate of drug-likeness (QED) is 0.189. The van der Waals surface area contributed by atoms with Gasteiger partial charge in [0.25, 0.3) is 5.22 Å². The number of rotatable bonds is 7. The van der Waals surface area contributed by atoms with Crippen molar-refractivity contribution in [2.45, 2.75) is 10.5 Å². The van der Waals surface area contributed by atoms with Crippen LogP contribution >= 0.6 is 11.8 Å². The van der Waals surface area contributed by atoms with E-state index in [1.807, 2.05) is 121 Å². The fourth-order valence-electron chi connectivity index (χ4n) is 3.68. The van der Waals surface area contributed by atoms with Gasteiger partial charge in [-0.3, -0.25) is 4.79 Å². The normalized spacial score (nSPS) is 11.8. The molecule has 0 N–H and O–H groups in total. The van der Waals surface area contributed by atoms with Gasteiger partial charge in [0.15, 0.2) is 11.5 Å². The number of carbonyl (C=O) groups excluding carboxylic acids is 1. The van der Waals surface area contributed by atoms with Crippen LogP contribution in [-0.2, 0) is 0 Å². The van der Waals surface area contributed by atoms with Gasteiger partial charge in [-0.1, -0.05) is 133 Å². The minimum absolute atomic E-state index is 0.0209. The summed E-state index contributed by atoms with van der Waals surface area (Å²) in [4.78, 5) is 18.3. The third-order valence-electron chi connectivity index (χ3n) is 5.31. The van der Waals surface area contributed by atoms with Crippen molar-refractivity contribution in [3.05, 3.63) is 132 Å². The van der Waals surface area contributed by atoms with E-state index in [9.17, 15) is 4.79 Å². The van der Waals surface area contributed by atoms with Gasteiger partial charge in [0, 0.05) is 16.7 Å². The van der Waals surface area contributed by atoms with E-state index in [1.165, 1.54) is 11.8 Å². The van der Waals surface area contributed by atoms with Crippen molar-refractivity contribution >= 4 is 17.5 Å². The second-order valence-corrected chi connectivity index (χ2v) is 8.58. The van der Waals surface area contributed by atoms with E-state index in [1.54, 1.807) is 0 Å². The Balaban J connectivity index is 1.57. The summed E-state index contributed by atoms with van der Waals surface area (Å²) in [6, 6.07) is 39.1. The summed E-state index contributed by atoms with van der Waals surface area (Å²) in [5.74, 6) is 0.718. The molecule has 0 aliphatic rings. The van der Waals surface area contributed by atoms with Gasteiger partial charge >= 0.3 is 0 Å². The zero-order chi connectivity index (χ0) is 22.5. The van der Waals surface area contributed by atoms with Gasteiger partial charge in [-0.05, 0) is 5.56 Å². The average Bonchev–Trinajstić information content (AvgIpc) is 3.33. The highest BCUT2D eigenvalue weighted by Gasteiger charge is 2.27. The Labute approximate surface area is 197 Å². The predicted octanol–water partition coefficient (Wildman–Crippen LogP) is 7.72. The second kappa shape index (κ2) is 9.72. The molecule has 0 saturated heterocycles. The average molecular weight is 448 g/mol. The SMILES string of the molecule is O=C(c1ccccc1)[C@@H](Sc1nc(-c2ccccc2)c(-c2ccccc2)o1)c1ccccc1. The van der Waals surface area contributed by atoms with Crippen molar-refractivity contribution in [3.63, 3.8) is 0 Å². The third-order valence-corrected chi connectivity index (χ3v) is 6.41. The number of nitrogens with zero attached hydrogens (tertiary/aromatic N) is 1.